The molecule has 4 heterocycles. The van der Waals surface area contributed by atoms with Crippen LogP contribution in [0.3, 0.4) is 0 Å². The fourth-order valence-corrected chi connectivity index (χ4v) is 4.84. The zero-order valence-corrected chi connectivity index (χ0v) is 17.6. The molecule has 0 aromatic carbocycles. The van der Waals surface area contributed by atoms with Crippen LogP contribution in [0.5, 0.6) is 0 Å². The molecule has 2 aliphatic heterocycles. The van der Waals surface area contributed by atoms with Crippen molar-refractivity contribution in [3.8, 4) is 0 Å². The fourth-order valence-electron chi connectivity index (χ4n) is 4.84. The van der Waals surface area contributed by atoms with Crippen LogP contribution in [0.2, 0.25) is 0 Å². The molecule has 29 heavy (non-hydrogen) atoms. The van der Waals surface area contributed by atoms with Gasteiger partial charge in [-0.05, 0) is 26.2 Å². The van der Waals surface area contributed by atoms with E-state index in [9.17, 15) is 4.79 Å². The van der Waals surface area contributed by atoms with E-state index in [1.54, 1.807) is 13.4 Å². The van der Waals surface area contributed by atoms with Gasteiger partial charge < -0.3 is 19.5 Å². The highest BCUT2D eigenvalue weighted by atomic mass is 16.5. The Morgan fingerprint density at radius 2 is 2.07 bits per heavy atom. The van der Waals surface area contributed by atoms with Crippen LogP contribution in [0.25, 0.3) is 0 Å². The van der Waals surface area contributed by atoms with E-state index in [4.69, 9.17) is 9.72 Å². The second-order valence-electron chi connectivity index (χ2n) is 7.99. The van der Waals surface area contributed by atoms with Crippen LogP contribution in [0.15, 0.2) is 12.5 Å². The van der Waals surface area contributed by atoms with Crippen LogP contribution in [-0.2, 0) is 27.9 Å². The molecule has 0 saturated carbocycles. The lowest BCUT2D eigenvalue weighted by Crippen LogP contribution is -2.59. The zero-order chi connectivity index (χ0) is 20.4. The number of ether oxygens (including phenoxy) is 1. The van der Waals surface area contributed by atoms with Crippen LogP contribution in [0.4, 0.5) is 5.82 Å². The number of aryl methyl sites for hydroxylation is 2. The summed E-state index contributed by atoms with van der Waals surface area (Å²) >= 11 is 0. The van der Waals surface area contributed by atoms with E-state index in [0.717, 1.165) is 68.2 Å². The molecule has 1 fully saturated rings. The fraction of sp³-hybridized carbons (Fsp3) is 0.619. The molecule has 2 aliphatic rings. The van der Waals surface area contributed by atoms with Crippen molar-refractivity contribution in [2.45, 2.75) is 51.5 Å². The summed E-state index contributed by atoms with van der Waals surface area (Å²) in [6.07, 6.45) is 8.22. The van der Waals surface area contributed by atoms with Gasteiger partial charge in [-0.2, -0.15) is 0 Å². The number of carbonyl (C=O) groups is 1. The Balaban J connectivity index is 1.63. The smallest absolute Gasteiger partial charge is 0.249 e. The topological polar surface area (TPSA) is 87.2 Å². The van der Waals surface area contributed by atoms with Crippen molar-refractivity contribution in [3.05, 3.63) is 35.3 Å². The number of carbonyl (C=O) groups excluding carboxylic acids is 1. The van der Waals surface area contributed by atoms with Gasteiger partial charge in [0.05, 0.1) is 17.6 Å². The summed E-state index contributed by atoms with van der Waals surface area (Å²) in [6, 6.07) is 0. The second kappa shape index (κ2) is 8.10. The third-order valence-corrected chi connectivity index (χ3v) is 6.20. The molecule has 0 radical (unpaired) electrons. The van der Waals surface area contributed by atoms with Crippen LogP contribution in [-0.4, -0.2) is 64.1 Å². The first-order valence-electron chi connectivity index (χ1n) is 10.5. The molecule has 0 bridgehead atoms. The van der Waals surface area contributed by atoms with Gasteiger partial charge in [0.1, 0.15) is 18.2 Å². The first kappa shape index (κ1) is 19.8. The summed E-state index contributed by atoms with van der Waals surface area (Å²) in [6.45, 7) is 6.58. The Bertz CT molecular complexity index is 872. The van der Waals surface area contributed by atoms with Crippen molar-refractivity contribution >= 4 is 11.7 Å². The number of anilines is 1. The van der Waals surface area contributed by atoms with Crippen molar-refractivity contribution in [3.63, 3.8) is 0 Å². The van der Waals surface area contributed by atoms with Gasteiger partial charge in [0.25, 0.3) is 0 Å². The number of H-pyrrole nitrogens is 1. The van der Waals surface area contributed by atoms with Gasteiger partial charge in [0.2, 0.25) is 5.91 Å². The van der Waals surface area contributed by atoms with Gasteiger partial charge >= 0.3 is 0 Å². The van der Waals surface area contributed by atoms with E-state index in [-0.39, 0.29) is 18.1 Å². The monoisotopic (exact) mass is 398 g/mol. The number of nitrogens with zero attached hydrogens (tertiary/aromatic N) is 5. The predicted molar refractivity (Wildman–Crippen MR) is 110 cm³/mol. The van der Waals surface area contributed by atoms with Crippen LogP contribution >= 0.6 is 0 Å². The lowest BCUT2D eigenvalue weighted by atomic mass is 9.78. The van der Waals surface area contributed by atoms with Crippen LogP contribution in [0, 0.1) is 6.92 Å². The van der Waals surface area contributed by atoms with Crippen molar-refractivity contribution in [2.24, 2.45) is 0 Å². The lowest BCUT2D eigenvalue weighted by Gasteiger charge is -2.50. The number of hydrogen-bond acceptors (Lipinski definition) is 6. The average Bonchev–Trinajstić information content (AvgIpc) is 3.21. The van der Waals surface area contributed by atoms with Crippen molar-refractivity contribution in [1.82, 2.24) is 24.8 Å². The largest absolute Gasteiger partial charge is 0.375 e. The van der Waals surface area contributed by atoms with E-state index in [1.807, 2.05) is 18.0 Å². The molecule has 1 amide bonds. The van der Waals surface area contributed by atoms with Crippen molar-refractivity contribution in [1.29, 1.82) is 0 Å². The van der Waals surface area contributed by atoms with Gasteiger partial charge in [0, 0.05) is 50.6 Å². The number of rotatable bonds is 5. The van der Waals surface area contributed by atoms with E-state index in [1.165, 1.54) is 5.56 Å². The number of piperidine rings is 1. The van der Waals surface area contributed by atoms with Gasteiger partial charge in [0.15, 0.2) is 0 Å². The Labute approximate surface area is 171 Å². The Morgan fingerprint density at radius 1 is 1.28 bits per heavy atom. The standard InChI is InChI=1S/C21H30N6O2/c1-4-5-16-12-22-15(2)25-20(16)26-10-7-21(8-11-26)19-17(23-14-24-19)6-9-27(21)18(28)13-29-3/h12,14H,4-11,13H2,1-3H3,(H,23,24). The second-order valence-corrected chi connectivity index (χ2v) is 7.99. The van der Waals surface area contributed by atoms with E-state index >= 15 is 0 Å². The summed E-state index contributed by atoms with van der Waals surface area (Å²) in [5, 5.41) is 0. The Kier molecular flexibility index (Phi) is 5.54. The van der Waals surface area contributed by atoms with Gasteiger partial charge in [-0.3, -0.25) is 4.79 Å². The first-order chi connectivity index (χ1) is 14.1. The molecule has 156 valence electrons. The molecule has 8 nitrogen and oxygen atoms in total. The van der Waals surface area contributed by atoms with Gasteiger partial charge in [-0.25, -0.2) is 15.0 Å². The van der Waals surface area contributed by atoms with Crippen molar-refractivity contribution in [2.75, 3.05) is 38.3 Å². The number of aromatic amines is 1. The number of methoxy groups -OCH3 is 1. The SMILES string of the molecule is CCCc1cnc(C)nc1N1CCC2(CC1)c1nc[nH]c1CCN2C(=O)COC. The maximum Gasteiger partial charge on any atom is 0.249 e. The zero-order valence-electron chi connectivity index (χ0n) is 17.6. The molecular formula is C21H30N6O2. The average molecular weight is 399 g/mol. The highest BCUT2D eigenvalue weighted by molar-refractivity contribution is 5.79. The molecule has 4 rings (SSSR count). The number of amides is 1. The predicted octanol–water partition coefficient (Wildman–Crippen LogP) is 1.99. The number of nitrogens with one attached hydrogen (secondary N) is 1. The molecule has 8 heteroatoms. The molecule has 2 aromatic rings. The number of aromatic nitrogens is 4. The minimum atomic E-state index is -0.368. The van der Waals surface area contributed by atoms with E-state index in [0.29, 0.717) is 6.54 Å². The van der Waals surface area contributed by atoms with Gasteiger partial charge in [-0.15, -0.1) is 0 Å². The molecule has 1 saturated heterocycles. The number of imidazole rings is 1. The maximum absolute atomic E-state index is 12.9. The van der Waals surface area contributed by atoms with Crippen LogP contribution < -0.4 is 4.90 Å². The van der Waals surface area contributed by atoms with E-state index in [2.05, 4.69) is 26.8 Å². The maximum atomic E-state index is 12.9. The molecular weight excluding hydrogens is 368 g/mol. The van der Waals surface area contributed by atoms with Crippen molar-refractivity contribution < 1.29 is 9.53 Å². The molecule has 0 atom stereocenters. The summed E-state index contributed by atoms with van der Waals surface area (Å²) in [5.41, 5.74) is 3.02. The van der Waals surface area contributed by atoms with Gasteiger partial charge in [-0.1, -0.05) is 13.3 Å². The Hall–Kier alpha value is -2.48. The summed E-state index contributed by atoms with van der Waals surface area (Å²) < 4.78 is 5.16. The third-order valence-electron chi connectivity index (χ3n) is 6.20. The summed E-state index contributed by atoms with van der Waals surface area (Å²) in [5.74, 6) is 1.88. The minimum Gasteiger partial charge on any atom is -0.375 e. The normalized spacial score (nSPS) is 18.2. The lowest BCUT2D eigenvalue weighted by molar-refractivity contribution is -0.144. The number of fused-ring (bicyclic) bond motifs is 2. The molecule has 1 spiro atoms. The molecule has 2 aromatic heterocycles. The molecule has 0 aliphatic carbocycles. The minimum absolute atomic E-state index is 0.0409. The third kappa shape index (κ3) is 3.50. The number of hydrogen-bond donors (Lipinski definition) is 1. The summed E-state index contributed by atoms with van der Waals surface area (Å²) in [4.78, 5) is 34.3. The quantitative estimate of drug-likeness (QED) is 0.829. The highest BCUT2D eigenvalue weighted by Gasteiger charge is 2.48. The molecule has 0 unspecified atom stereocenters. The van der Waals surface area contributed by atoms with E-state index < -0.39 is 0 Å². The highest BCUT2D eigenvalue weighted by Crippen LogP contribution is 2.43. The summed E-state index contributed by atoms with van der Waals surface area (Å²) in [7, 11) is 1.57. The molecule has 1 N–H and O–H groups in total. The first-order valence-corrected chi connectivity index (χ1v) is 10.5. The van der Waals surface area contributed by atoms with Crippen LogP contribution in [0.1, 0.15) is 49.0 Å². The Morgan fingerprint density at radius 3 is 2.79 bits per heavy atom.